The van der Waals surface area contributed by atoms with Crippen LogP contribution in [-0.4, -0.2) is 11.3 Å². The number of aromatic nitrogens is 1. The Kier molecular flexibility index (Phi) is 4.79. The molecule has 0 saturated heterocycles. The minimum Gasteiger partial charge on any atom is -0.491 e. The number of nitrogens with one attached hydrogen (secondary N) is 1. The maximum Gasteiger partial charge on any atom is 0.133 e. The molecule has 20 heavy (non-hydrogen) atoms. The molecular formula is C16H22N2O2. The summed E-state index contributed by atoms with van der Waals surface area (Å²) in [6.07, 6.45) is 0.187. The summed E-state index contributed by atoms with van der Waals surface area (Å²) in [7, 11) is 0. The highest BCUT2D eigenvalue weighted by atomic mass is 16.5. The van der Waals surface area contributed by atoms with Crippen molar-refractivity contribution in [3.63, 3.8) is 0 Å². The summed E-state index contributed by atoms with van der Waals surface area (Å²) in [6, 6.07) is 10.3. The lowest BCUT2D eigenvalue weighted by Gasteiger charge is -2.16. The van der Waals surface area contributed by atoms with E-state index in [0.29, 0.717) is 6.54 Å². The molecule has 1 atom stereocenters. The highest BCUT2D eigenvalue weighted by Crippen LogP contribution is 2.20. The molecule has 2 rings (SSSR count). The molecule has 0 bridgehead atoms. The second-order valence-electron chi connectivity index (χ2n) is 5.27. The van der Waals surface area contributed by atoms with E-state index in [-0.39, 0.29) is 12.1 Å². The molecule has 0 spiro atoms. The van der Waals surface area contributed by atoms with Gasteiger partial charge in [0.05, 0.1) is 11.8 Å². The third kappa shape index (κ3) is 4.10. The summed E-state index contributed by atoms with van der Waals surface area (Å²) in [5, 5.41) is 7.41. The van der Waals surface area contributed by atoms with Crippen LogP contribution in [0.15, 0.2) is 34.9 Å². The van der Waals surface area contributed by atoms with Gasteiger partial charge in [-0.05, 0) is 45.4 Å². The molecule has 4 heteroatoms. The van der Waals surface area contributed by atoms with E-state index >= 15 is 0 Å². The Labute approximate surface area is 120 Å². The van der Waals surface area contributed by atoms with Gasteiger partial charge in [0.2, 0.25) is 0 Å². The van der Waals surface area contributed by atoms with Crippen LogP contribution in [0.25, 0.3) is 0 Å². The van der Waals surface area contributed by atoms with E-state index in [1.54, 1.807) is 0 Å². The van der Waals surface area contributed by atoms with Crippen molar-refractivity contribution in [3.8, 4) is 5.75 Å². The third-order valence-electron chi connectivity index (χ3n) is 3.00. The zero-order valence-electron chi connectivity index (χ0n) is 12.5. The van der Waals surface area contributed by atoms with E-state index in [1.807, 2.05) is 39.0 Å². The van der Waals surface area contributed by atoms with Crippen molar-refractivity contribution in [2.45, 2.75) is 46.4 Å². The Bertz CT molecular complexity index is 549. The first-order valence-corrected chi connectivity index (χ1v) is 6.97. The van der Waals surface area contributed by atoms with Crippen LogP contribution in [0, 0.1) is 6.92 Å². The maximum atomic E-state index is 5.72. The molecule has 0 aliphatic rings. The first-order chi connectivity index (χ1) is 9.54. The molecule has 0 unspecified atom stereocenters. The lowest BCUT2D eigenvalue weighted by Crippen LogP contribution is -2.18. The van der Waals surface area contributed by atoms with Crippen molar-refractivity contribution in [1.29, 1.82) is 0 Å². The molecule has 4 nitrogen and oxygen atoms in total. The number of rotatable bonds is 6. The zero-order valence-corrected chi connectivity index (χ0v) is 12.5. The molecule has 0 aliphatic carbocycles. The molecule has 0 fully saturated rings. The summed E-state index contributed by atoms with van der Waals surface area (Å²) in [4.78, 5) is 0. The van der Waals surface area contributed by atoms with Gasteiger partial charge in [-0.1, -0.05) is 17.3 Å². The van der Waals surface area contributed by atoms with Gasteiger partial charge in [-0.25, -0.2) is 0 Å². The fourth-order valence-electron chi connectivity index (χ4n) is 2.01. The van der Waals surface area contributed by atoms with Gasteiger partial charge in [0.25, 0.3) is 0 Å². The number of ether oxygens (including phenoxy) is 1. The van der Waals surface area contributed by atoms with Gasteiger partial charge in [0.1, 0.15) is 11.5 Å². The lowest BCUT2D eigenvalue weighted by atomic mass is 10.1. The average Bonchev–Trinajstić information content (AvgIpc) is 2.81. The number of aryl methyl sites for hydroxylation is 1. The molecule has 2 aromatic rings. The van der Waals surface area contributed by atoms with E-state index in [4.69, 9.17) is 9.26 Å². The topological polar surface area (TPSA) is 47.3 Å². The molecule has 0 radical (unpaired) electrons. The van der Waals surface area contributed by atoms with Crippen molar-refractivity contribution in [3.05, 3.63) is 47.3 Å². The molecule has 1 aromatic heterocycles. The van der Waals surface area contributed by atoms with E-state index in [2.05, 4.69) is 29.5 Å². The summed E-state index contributed by atoms with van der Waals surface area (Å²) in [6.45, 7) is 8.77. The maximum absolute atomic E-state index is 5.72. The van der Waals surface area contributed by atoms with Crippen molar-refractivity contribution in [1.82, 2.24) is 10.5 Å². The van der Waals surface area contributed by atoms with Crippen LogP contribution in [0.1, 0.15) is 43.8 Å². The number of hydrogen-bond donors (Lipinski definition) is 1. The van der Waals surface area contributed by atoms with Gasteiger partial charge in [-0.15, -0.1) is 0 Å². The van der Waals surface area contributed by atoms with Crippen molar-refractivity contribution >= 4 is 0 Å². The molecule has 0 aliphatic heterocycles. The van der Waals surface area contributed by atoms with Crippen LogP contribution in [0.4, 0.5) is 0 Å². The minimum absolute atomic E-state index is 0.187. The smallest absolute Gasteiger partial charge is 0.133 e. The van der Waals surface area contributed by atoms with Gasteiger partial charge in [0.15, 0.2) is 0 Å². The first kappa shape index (κ1) is 14.6. The lowest BCUT2D eigenvalue weighted by molar-refractivity contribution is 0.242. The van der Waals surface area contributed by atoms with E-state index in [9.17, 15) is 0 Å². The van der Waals surface area contributed by atoms with Crippen molar-refractivity contribution in [2.75, 3.05) is 0 Å². The fraction of sp³-hybridized carbons (Fsp3) is 0.438. The molecule has 108 valence electrons. The van der Waals surface area contributed by atoms with Crippen LogP contribution in [0.2, 0.25) is 0 Å². The number of benzene rings is 1. The minimum atomic E-state index is 0.187. The second kappa shape index (κ2) is 6.57. The SMILES string of the molecule is Cc1cc(CN[C@H](C)c2cccc(OC(C)C)c2)no1. The Morgan fingerprint density at radius 1 is 1.25 bits per heavy atom. The predicted octanol–water partition coefficient (Wildman–Crippen LogP) is 3.62. The Morgan fingerprint density at radius 2 is 2.05 bits per heavy atom. The normalized spacial score (nSPS) is 12.7. The highest BCUT2D eigenvalue weighted by Gasteiger charge is 2.08. The largest absolute Gasteiger partial charge is 0.491 e. The predicted molar refractivity (Wildman–Crippen MR) is 78.7 cm³/mol. The third-order valence-corrected chi connectivity index (χ3v) is 3.00. The Morgan fingerprint density at radius 3 is 2.70 bits per heavy atom. The van der Waals surface area contributed by atoms with Crippen LogP contribution >= 0.6 is 0 Å². The van der Waals surface area contributed by atoms with Crippen LogP contribution in [0.5, 0.6) is 5.75 Å². The molecule has 1 N–H and O–H groups in total. The van der Waals surface area contributed by atoms with E-state index in [1.165, 1.54) is 5.56 Å². The zero-order chi connectivity index (χ0) is 14.5. The van der Waals surface area contributed by atoms with Crippen molar-refractivity contribution < 1.29 is 9.26 Å². The van der Waals surface area contributed by atoms with Crippen molar-refractivity contribution in [2.24, 2.45) is 0 Å². The van der Waals surface area contributed by atoms with Crippen LogP contribution in [0.3, 0.4) is 0 Å². The van der Waals surface area contributed by atoms with Gasteiger partial charge < -0.3 is 14.6 Å². The molecule has 0 saturated carbocycles. The standard InChI is InChI=1S/C16H22N2O2/c1-11(2)19-16-7-5-6-14(9-16)13(4)17-10-15-8-12(3)20-18-15/h5-9,11,13,17H,10H2,1-4H3/t13-/m1/s1. The number of hydrogen-bond acceptors (Lipinski definition) is 4. The first-order valence-electron chi connectivity index (χ1n) is 6.97. The summed E-state index contributed by atoms with van der Waals surface area (Å²) >= 11 is 0. The van der Waals surface area contributed by atoms with Crippen LogP contribution < -0.4 is 10.1 Å². The second-order valence-corrected chi connectivity index (χ2v) is 5.27. The number of nitrogens with zero attached hydrogens (tertiary/aromatic N) is 1. The monoisotopic (exact) mass is 274 g/mol. The Balaban J connectivity index is 1.96. The quantitative estimate of drug-likeness (QED) is 0.874. The average molecular weight is 274 g/mol. The van der Waals surface area contributed by atoms with E-state index < -0.39 is 0 Å². The fourth-order valence-corrected chi connectivity index (χ4v) is 2.01. The molecule has 1 aromatic carbocycles. The van der Waals surface area contributed by atoms with Gasteiger partial charge in [-0.3, -0.25) is 0 Å². The van der Waals surface area contributed by atoms with Crippen LogP contribution in [-0.2, 0) is 6.54 Å². The highest BCUT2D eigenvalue weighted by molar-refractivity contribution is 5.30. The van der Waals surface area contributed by atoms with Gasteiger partial charge >= 0.3 is 0 Å². The summed E-state index contributed by atoms with van der Waals surface area (Å²) in [5.74, 6) is 1.74. The van der Waals surface area contributed by atoms with E-state index in [0.717, 1.165) is 17.2 Å². The molecular weight excluding hydrogens is 252 g/mol. The molecule has 0 amide bonds. The van der Waals surface area contributed by atoms with Gasteiger partial charge in [-0.2, -0.15) is 0 Å². The summed E-state index contributed by atoms with van der Waals surface area (Å²) < 4.78 is 10.8. The Hall–Kier alpha value is -1.81. The summed E-state index contributed by atoms with van der Waals surface area (Å²) in [5.41, 5.74) is 2.12. The molecule has 1 heterocycles. The van der Waals surface area contributed by atoms with Gasteiger partial charge in [0, 0.05) is 18.7 Å².